The van der Waals surface area contributed by atoms with Crippen LogP contribution in [0.5, 0.6) is 0 Å². The first-order chi connectivity index (χ1) is 8.82. The standard InChI is InChI=1S/C11H14ClN3O3S/c12-9-2-1-8(13)5-10(9)19(17,18)15-4-3-7(6-15)11(14)16/h1-2,5,7H,3-4,6,13H2,(H2,14,16). The maximum atomic E-state index is 12.4. The van der Waals surface area contributed by atoms with Gasteiger partial charge < -0.3 is 11.5 Å². The first kappa shape index (κ1) is 14.1. The highest BCUT2D eigenvalue weighted by Gasteiger charge is 2.35. The van der Waals surface area contributed by atoms with Crippen molar-refractivity contribution in [3.63, 3.8) is 0 Å². The van der Waals surface area contributed by atoms with Gasteiger partial charge in [-0.05, 0) is 24.6 Å². The second-order valence-electron chi connectivity index (χ2n) is 4.44. The number of benzene rings is 1. The van der Waals surface area contributed by atoms with Crippen LogP contribution in [-0.2, 0) is 14.8 Å². The fraction of sp³-hybridized carbons (Fsp3) is 0.364. The van der Waals surface area contributed by atoms with Crippen molar-refractivity contribution < 1.29 is 13.2 Å². The van der Waals surface area contributed by atoms with Gasteiger partial charge in [0.1, 0.15) is 4.90 Å². The van der Waals surface area contributed by atoms with E-state index in [0.29, 0.717) is 12.1 Å². The van der Waals surface area contributed by atoms with Crippen LogP contribution in [0.15, 0.2) is 23.1 Å². The zero-order chi connectivity index (χ0) is 14.2. The number of nitrogen functional groups attached to an aromatic ring is 1. The average Bonchev–Trinajstić information content (AvgIpc) is 2.82. The number of primary amides is 1. The molecule has 8 heteroatoms. The average molecular weight is 304 g/mol. The minimum absolute atomic E-state index is 0.0423. The van der Waals surface area contributed by atoms with E-state index in [1.165, 1.54) is 22.5 Å². The van der Waals surface area contributed by atoms with Crippen LogP contribution >= 0.6 is 11.6 Å². The van der Waals surface area contributed by atoms with Crippen LogP contribution in [0, 0.1) is 5.92 Å². The van der Waals surface area contributed by atoms with Crippen molar-refractivity contribution in [3.8, 4) is 0 Å². The molecule has 1 aromatic rings. The molecule has 1 aliphatic heterocycles. The molecule has 0 radical (unpaired) electrons. The maximum Gasteiger partial charge on any atom is 0.244 e. The topological polar surface area (TPSA) is 106 Å². The van der Waals surface area contributed by atoms with Crippen molar-refractivity contribution in [2.75, 3.05) is 18.8 Å². The SMILES string of the molecule is NC(=O)C1CCN(S(=O)(=O)c2cc(N)ccc2Cl)C1. The van der Waals surface area contributed by atoms with E-state index in [1.54, 1.807) is 0 Å². The van der Waals surface area contributed by atoms with E-state index in [-0.39, 0.29) is 23.0 Å². The zero-order valence-corrected chi connectivity index (χ0v) is 11.6. The molecule has 1 aliphatic rings. The van der Waals surface area contributed by atoms with Crippen molar-refractivity contribution in [3.05, 3.63) is 23.2 Å². The first-order valence-corrected chi connectivity index (χ1v) is 7.48. The lowest BCUT2D eigenvalue weighted by molar-refractivity contribution is -0.121. The fourth-order valence-electron chi connectivity index (χ4n) is 2.04. The number of sulfonamides is 1. The summed E-state index contributed by atoms with van der Waals surface area (Å²) in [5.74, 6) is -0.939. The van der Waals surface area contributed by atoms with Gasteiger partial charge in [0.2, 0.25) is 15.9 Å². The Kier molecular flexibility index (Phi) is 3.71. The summed E-state index contributed by atoms with van der Waals surface area (Å²) in [6.07, 6.45) is 0.425. The molecular formula is C11H14ClN3O3S. The Hall–Kier alpha value is -1.31. The van der Waals surface area contributed by atoms with Crippen molar-refractivity contribution in [2.45, 2.75) is 11.3 Å². The quantitative estimate of drug-likeness (QED) is 0.789. The number of nitrogens with two attached hydrogens (primary N) is 2. The molecule has 2 rings (SSSR count). The molecule has 0 bridgehead atoms. The number of halogens is 1. The molecule has 104 valence electrons. The van der Waals surface area contributed by atoms with Gasteiger partial charge in [-0.2, -0.15) is 4.31 Å². The lowest BCUT2D eigenvalue weighted by Gasteiger charge is -2.17. The predicted molar refractivity (Wildman–Crippen MR) is 71.9 cm³/mol. The summed E-state index contributed by atoms with van der Waals surface area (Å²) in [5.41, 5.74) is 11.1. The second kappa shape index (κ2) is 4.99. The van der Waals surface area contributed by atoms with Gasteiger partial charge in [0.05, 0.1) is 10.9 Å². The molecule has 0 spiro atoms. The van der Waals surface area contributed by atoms with Crippen LogP contribution in [0.1, 0.15) is 6.42 Å². The van der Waals surface area contributed by atoms with E-state index in [0.717, 1.165) is 0 Å². The Morgan fingerprint density at radius 1 is 1.42 bits per heavy atom. The highest BCUT2D eigenvalue weighted by atomic mass is 35.5. The number of nitrogens with zero attached hydrogens (tertiary/aromatic N) is 1. The third-order valence-corrected chi connectivity index (χ3v) is 5.47. The summed E-state index contributed by atoms with van der Waals surface area (Å²) < 4.78 is 26.0. The molecule has 1 atom stereocenters. The largest absolute Gasteiger partial charge is 0.399 e. The van der Waals surface area contributed by atoms with Gasteiger partial charge in [-0.1, -0.05) is 11.6 Å². The van der Waals surface area contributed by atoms with Gasteiger partial charge in [0, 0.05) is 18.8 Å². The van der Waals surface area contributed by atoms with Crippen LogP contribution in [0.2, 0.25) is 5.02 Å². The second-order valence-corrected chi connectivity index (χ2v) is 6.75. The summed E-state index contributed by atoms with van der Waals surface area (Å²) in [5, 5.41) is 0.108. The van der Waals surface area contributed by atoms with Gasteiger partial charge in [-0.25, -0.2) is 8.42 Å². The molecule has 1 heterocycles. The maximum absolute atomic E-state index is 12.4. The minimum atomic E-state index is -3.74. The number of hydrogen-bond donors (Lipinski definition) is 2. The van der Waals surface area contributed by atoms with Crippen LogP contribution in [0.4, 0.5) is 5.69 Å². The Bertz CT molecular complexity index is 618. The molecule has 1 amide bonds. The smallest absolute Gasteiger partial charge is 0.244 e. The number of carbonyl (C=O) groups is 1. The van der Waals surface area contributed by atoms with Crippen LogP contribution in [0.3, 0.4) is 0 Å². The monoisotopic (exact) mass is 303 g/mol. The zero-order valence-electron chi connectivity index (χ0n) is 10.0. The lowest BCUT2D eigenvalue weighted by Crippen LogP contribution is -2.32. The lowest BCUT2D eigenvalue weighted by atomic mass is 10.1. The van der Waals surface area contributed by atoms with E-state index in [4.69, 9.17) is 23.1 Å². The van der Waals surface area contributed by atoms with Gasteiger partial charge in [0.15, 0.2) is 0 Å². The van der Waals surface area contributed by atoms with Gasteiger partial charge >= 0.3 is 0 Å². The van der Waals surface area contributed by atoms with Gasteiger partial charge in [0.25, 0.3) is 0 Å². The molecule has 4 N–H and O–H groups in total. The summed E-state index contributed by atoms with van der Waals surface area (Å²) in [4.78, 5) is 11.0. The molecular weight excluding hydrogens is 290 g/mol. The Morgan fingerprint density at radius 3 is 2.68 bits per heavy atom. The molecule has 1 fully saturated rings. The molecule has 1 unspecified atom stereocenters. The first-order valence-electron chi connectivity index (χ1n) is 5.67. The van der Waals surface area contributed by atoms with E-state index in [9.17, 15) is 13.2 Å². The molecule has 0 aliphatic carbocycles. The summed E-state index contributed by atoms with van der Waals surface area (Å²) in [6.45, 7) is 0.337. The molecule has 6 nitrogen and oxygen atoms in total. The Balaban J connectivity index is 2.33. The molecule has 1 aromatic carbocycles. The number of carbonyl (C=O) groups excluding carboxylic acids is 1. The van der Waals surface area contributed by atoms with E-state index in [2.05, 4.69) is 0 Å². The van der Waals surface area contributed by atoms with E-state index >= 15 is 0 Å². The van der Waals surface area contributed by atoms with Gasteiger partial charge in [-0.3, -0.25) is 4.79 Å². The normalized spacial score (nSPS) is 20.6. The number of hydrogen-bond acceptors (Lipinski definition) is 4. The molecule has 0 aromatic heterocycles. The number of amides is 1. The Morgan fingerprint density at radius 2 is 2.11 bits per heavy atom. The van der Waals surface area contributed by atoms with Crippen LogP contribution in [-0.4, -0.2) is 31.7 Å². The van der Waals surface area contributed by atoms with E-state index in [1.807, 2.05) is 0 Å². The molecule has 1 saturated heterocycles. The summed E-state index contributed by atoms with van der Waals surface area (Å²) in [7, 11) is -3.74. The predicted octanol–water partition coefficient (Wildman–Crippen LogP) is 0.418. The summed E-state index contributed by atoms with van der Waals surface area (Å²) in [6, 6.07) is 4.28. The highest BCUT2D eigenvalue weighted by Crippen LogP contribution is 2.30. The fourth-order valence-corrected chi connectivity index (χ4v) is 4.05. The number of rotatable bonds is 3. The van der Waals surface area contributed by atoms with Crippen molar-refractivity contribution >= 4 is 33.2 Å². The highest BCUT2D eigenvalue weighted by molar-refractivity contribution is 7.89. The molecule has 0 saturated carbocycles. The number of anilines is 1. The van der Waals surface area contributed by atoms with Crippen molar-refractivity contribution in [1.82, 2.24) is 4.31 Å². The molecule has 19 heavy (non-hydrogen) atoms. The van der Waals surface area contributed by atoms with Crippen LogP contribution < -0.4 is 11.5 Å². The Labute approximate surface area is 116 Å². The summed E-state index contributed by atoms with van der Waals surface area (Å²) >= 11 is 5.91. The van der Waals surface area contributed by atoms with Gasteiger partial charge in [-0.15, -0.1) is 0 Å². The van der Waals surface area contributed by atoms with Crippen LogP contribution in [0.25, 0.3) is 0 Å². The van der Waals surface area contributed by atoms with Crippen molar-refractivity contribution in [2.24, 2.45) is 11.7 Å². The van der Waals surface area contributed by atoms with E-state index < -0.39 is 21.8 Å². The minimum Gasteiger partial charge on any atom is -0.399 e. The third kappa shape index (κ3) is 2.68. The van der Waals surface area contributed by atoms with Crippen molar-refractivity contribution in [1.29, 1.82) is 0 Å². The third-order valence-electron chi connectivity index (χ3n) is 3.13.